The summed E-state index contributed by atoms with van der Waals surface area (Å²) in [7, 11) is 0. The molecule has 3 aromatic carbocycles. The van der Waals surface area contributed by atoms with E-state index in [0.29, 0.717) is 24.5 Å². The van der Waals surface area contributed by atoms with Gasteiger partial charge in [0.15, 0.2) is 0 Å². The Hall–Kier alpha value is -4.82. The van der Waals surface area contributed by atoms with Gasteiger partial charge in [-0.3, -0.25) is 4.79 Å². The zero-order valence-electron chi connectivity index (χ0n) is 24.3. The molecule has 0 fully saturated rings. The zero-order valence-corrected chi connectivity index (χ0v) is 25.1. The molecule has 0 radical (unpaired) electrons. The largest absolute Gasteiger partial charge is 0.384 e. The Morgan fingerprint density at radius 2 is 1.77 bits per heavy atom. The van der Waals surface area contributed by atoms with E-state index in [2.05, 4.69) is 35.9 Å². The SMILES string of the molecule is C=C(/C=C/c1ccc(N)nc1)NCc1nc2cc(-c3ccc(C(=O)N(CC)CCC)cc3)cc(-c3ccc(F)cc3)c2s1. The number of carbonyl (C=O) groups is 1. The molecule has 5 rings (SSSR count). The van der Waals surface area contributed by atoms with Crippen molar-refractivity contribution in [2.45, 2.75) is 26.8 Å². The second kappa shape index (κ2) is 13.4. The van der Waals surface area contributed by atoms with Crippen molar-refractivity contribution in [3.63, 3.8) is 0 Å². The Labute approximate surface area is 255 Å². The molecule has 8 heteroatoms. The average Bonchev–Trinajstić information content (AvgIpc) is 3.45. The molecule has 0 aliphatic carbocycles. The number of allylic oxidation sites excluding steroid dienone is 1. The third-order valence-corrected chi connectivity index (χ3v) is 8.17. The summed E-state index contributed by atoms with van der Waals surface area (Å²) in [5.74, 6) is 0.235. The highest BCUT2D eigenvalue weighted by atomic mass is 32.1. The summed E-state index contributed by atoms with van der Waals surface area (Å²) in [4.78, 5) is 23.9. The smallest absolute Gasteiger partial charge is 0.253 e. The molecule has 6 nitrogen and oxygen atoms in total. The molecule has 2 aromatic heterocycles. The number of pyridine rings is 1. The number of rotatable bonds is 11. The number of hydrogen-bond acceptors (Lipinski definition) is 6. The number of aromatic nitrogens is 2. The third-order valence-electron chi connectivity index (χ3n) is 7.07. The van der Waals surface area contributed by atoms with Crippen molar-refractivity contribution >= 4 is 39.4 Å². The number of nitrogens with two attached hydrogens (primary N) is 1. The maximum absolute atomic E-state index is 13.8. The van der Waals surface area contributed by atoms with Crippen molar-refractivity contribution in [2.24, 2.45) is 0 Å². The van der Waals surface area contributed by atoms with E-state index in [4.69, 9.17) is 10.7 Å². The Balaban J connectivity index is 1.42. The van der Waals surface area contributed by atoms with Crippen LogP contribution in [0.15, 0.2) is 97.3 Å². The number of thiazole rings is 1. The van der Waals surface area contributed by atoms with Gasteiger partial charge in [0.2, 0.25) is 0 Å². The fraction of sp³-hybridized carbons (Fsp3) is 0.171. The number of halogens is 1. The van der Waals surface area contributed by atoms with Crippen molar-refractivity contribution in [3.05, 3.63) is 119 Å². The van der Waals surface area contributed by atoms with Crippen LogP contribution in [0, 0.1) is 5.82 Å². The summed E-state index contributed by atoms with van der Waals surface area (Å²) in [5.41, 5.74) is 12.7. The van der Waals surface area contributed by atoms with E-state index in [1.807, 2.05) is 54.3 Å². The van der Waals surface area contributed by atoms with Gasteiger partial charge in [0.25, 0.3) is 5.91 Å². The van der Waals surface area contributed by atoms with Crippen LogP contribution in [0.4, 0.5) is 10.2 Å². The molecule has 0 aliphatic rings. The summed E-state index contributed by atoms with van der Waals surface area (Å²) in [6.07, 6.45) is 6.43. The minimum absolute atomic E-state index is 0.0385. The standard InChI is InChI=1S/C35H34FN5OS/c1-4-18-41(5-2)35(42)27-11-9-25(10-12-27)28-19-30(26-13-15-29(36)16-14-26)34-31(20-28)40-33(43-34)22-38-23(3)6-7-24-8-17-32(37)39-21-24/h6-17,19-21,38H,3-5,18,22H2,1-2H3,(H2,37,39)/b7-6+. The van der Waals surface area contributed by atoms with Crippen molar-refractivity contribution < 1.29 is 9.18 Å². The van der Waals surface area contributed by atoms with E-state index >= 15 is 0 Å². The molecule has 0 spiro atoms. The van der Waals surface area contributed by atoms with Crippen LogP contribution in [0.25, 0.3) is 38.5 Å². The highest BCUT2D eigenvalue weighted by Crippen LogP contribution is 2.37. The fourth-order valence-electron chi connectivity index (χ4n) is 4.79. The Morgan fingerprint density at radius 1 is 1.02 bits per heavy atom. The van der Waals surface area contributed by atoms with E-state index in [1.54, 1.807) is 35.7 Å². The molecular weight excluding hydrogens is 557 g/mol. The third kappa shape index (κ3) is 7.16. The molecule has 3 N–H and O–H groups in total. The summed E-state index contributed by atoms with van der Waals surface area (Å²) in [6.45, 7) is 10.1. The predicted octanol–water partition coefficient (Wildman–Crippen LogP) is 7.94. The number of hydrogen-bond donors (Lipinski definition) is 2. The molecule has 0 saturated heterocycles. The maximum atomic E-state index is 13.8. The van der Waals surface area contributed by atoms with Gasteiger partial charge in [-0.1, -0.05) is 43.8 Å². The van der Waals surface area contributed by atoms with Crippen LogP contribution in [0.5, 0.6) is 0 Å². The first-order chi connectivity index (χ1) is 20.8. The number of nitrogens with one attached hydrogen (secondary N) is 1. The van der Waals surface area contributed by atoms with Gasteiger partial charge in [-0.15, -0.1) is 11.3 Å². The second-order valence-corrected chi connectivity index (χ2v) is 11.3. The number of benzene rings is 3. The molecule has 0 unspecified atom stereocenters. The molecule has 0 atom stereocenters. The topological polar surface area (TPSA) is 84.1 Å². The van der Waals surface area contributed by atoms with E-state index in [-0.39, 0.29) is 11.7 Å². The quantitative estimate of drug-likeness (QED) is 0.152. The highest BCUT2D eigenvalue weighted by molar-refractivity contribution is 7.19. The number of anilines is 1. The van der Waals surface area contributed by atoms with Crippen molar-refractivity contribution in [1.29, 1.82) is 0 Å². The lowest BCUT2D eigenvalue weighted by atomic mass is 9.97. The van der Waals surface area contributed by atoms with Gasteiger partial charge in [0, 0.05) is 36.1 Å². The molecule has 1 amide bonds. The number of fused-ring (bicyclic) bond motifs is 1. The van der Waals surface area contributed by atoms with E-state index in [9.17, 15) is 9.18 Å². The van der Waals surface area contributed by atoms with E-state index in [0.717, 1.165) is 61.7 Å². The normalized spacial score (nSPS) is 11.2. The van der Waals surface area contributed by atoms with E-state index < -0.39 is 0 Å². The van der Waals surface area contributed by atoms with E-state index in [1.165, 1.54) is 12.1 Å². The van der Waals surface area contributed by atoms with Gasteiger partial charge in [0.05, 0.1) is 16.8 Å². The summed E-state index contributed by atoms with van der Waals surface area (Å²) >= 11 is 1.59. The van der Waals surface area contributed by atoms with Crippen LogP contribution in [0.3, 0.4) is 0 Å². The predicted molar refractivity (Wildman–Crippen MR) is 176 cm³/mol. The van der Waals surface area contributed by atoms with Gasteiger partial charge in [-0.25, -0.2) is 14.4 Å². The summed E-state index contributed by atoms with van der Waals surface area (Å²) in [6, 6.07) is 22.1. The van der Waals surface area contributed by atoms with Crippen LogP contribution < -0.4 is 11.1 Å². The first kappa shape index (κ1) is 29.7. The van der Waals surface area contributed by atoms with Crippen LogP contribution in [-0.2, 0) is 6.54 Å². The van der Waals surface area contributed by atoms with Gasteiger partial charge in [-0.2, -0.15) is 0 Å². The minimum atomic E-state index is -0.281. The molecule has 2 heterocycles. The number of nitrogen functional groups attached to an aromatic ring is 1. The number of amides is 1. The van der Waals surface area contributed by atoms with Crippen LogP contribution >= 0.6 is 11.3 Å². The number of carbonyl (C=O) groups excluding carboxylic acids is 1. The molecule has 0 bridgehead atoms. The first-order valence-corrected chi connectivity index (χ1v) is 15.1. The molecule has 0 saturated carbocycles. The fourth-order valence-corrected chi connectivity index (χ4v) is 5.81. The highest BCUT2D eigenvalue weighted by Gasteiger charge is 2.16. The lowest BCUT2D eigenvalue weighted by Crippen LogP contribution is -2.31. The van der Waals surface area contributed by atoms with Crippen molar-refractivity contribution in [2.75, 3.05) is 18.8 Å². The molecule has 0 aliphatic heterocycles. The Morgan fingerprint density at radius 3 is 2.44 bits per heavy atom. The van der Waals surface area contributed by atoms with Gasteiger partial charge < -0.3 is 16.0 Å². The van der Waals surface area contributed by atoms with Crippen molar-refractivity contribution in [1.82, 2.24) is 20.2 Å². The van der Waals surface area contributed by atoms with Crippen LogP contribution in [0.2, 0.25) is 0 Å². The lowest BCUT2D eigenvalue weighted by molar-refractivity contribution is 0.0764. The maximum Gasteiger partial charge on any atom is 0.253 e. The lowest BCUT2D eigenvalue weighted by Gasteiger charge is -2.20. The van der Waals surface area contributed by atoms with Crippen molar-refractivity contribution in [3.8, 4) is 22.3 Å². The zero-order chi connectivity index (χ0) is 30.3. The summed E-state index contributed by atoms with van der Waals surface area (Å²) in [5, 5.41) is 4.23. The van der Waals surface area contributed by atoms with Crippen LogP contribution in [0.1, 0.15) is 41.2 Å². The Bertz CT molecular complexity index is 1760. The monoisotopic (exact) mass is 591 g/mol. The average molecular weight is 592 g/mol. The number of nitrogens with zero attached hydrogens (tertiary/aromatic N) is 3. The molecule has 43 heavy (non-hydrogen) atoms. The molecule has 5 aromatic rings. The first-order valence-electron chi connectivity index (χ1n) is 14.3. The Kier molecular flexibility index (Phi) is 9.27. The summed E-state index contributed by atoms with van der Waals surface area (Å²) < 4.78 is 14.8. The molecule has 218 valence electrons. The van der Waals surface area contributed by atoms with Gasteiger partial charge in [0.1, 0.15) is 16.6 Å². The minimum Gasteiger partial charge on any atom is -0.384 e. The van der Waals surface area contributed by atoms with Gasteiger partial charge in [-0.05, 0) is 90.2 Å². The second-order valence-electron chi connectivity index (χ2n) is 10.2. The van der Waals surface area contributed by atoms with Gasteiger partial charge >= 0.3 is 0 Å². The molecular formula is C35H34FN5OS. The van der Waals surface area contributed by atoms with Crippen LogP contribution in [-0.4, -0.2) is 33.9 Å².